The quantitative estimate of drug-likeness (QED) is 0.395. The van der Waals surface area contributed by atoms with Gasteiger partial charge in [-0.05, 0) is 29.0 Å². The second-order valence-corrected chi connectivity index (χ2v) is 4.97. The van der Waals surface area contributed by atoms with Crippen molar-refractivity contribution in [2.24, 2.45) is 5.10 Å². The smallest absolute Gasteiger partial charge is 0.275 e. The number of nitrogens with one attached hydrogen (secondary N) is 1. The lowest BCUT2D eigenvalue weighted by Crippen LogP contribution is -2.17. The molecule has 0 spiro atoms. The minimum atomic E-state index is -0.602. The first-order valence-electron chi connectivity index (χ1n) is 6.98. The van der Waals surface area contributed by atoms with E-state index >= 15 is 0 Å². The summed E-state index contributed by atoms with van der Waals surface area (Å²) >= 11 is 0. The summed E-state index contributed by atoms with van der Waals surface area (Å²) in [5, 5.41) is 25.0. The van der Waals surface area contributed by atoms with E-state index in [0.717, 1.165) is 16.3 Å². The lowest BCUT2D eigenvalue weighted by molar-refractivity contribution is 0.0952. The maximum absolute atomic E-state index is 12.0. The second-order valence-electron chi connectivity index (χ2n) is 4.97. The monoisotopic (exact) mass is 306 g/mol. The Morgan fingerprint density at radius 2 is 1.78 bits per heavy atom. The Balaban J connectivity index is 1.80. The number of phenolic OH excluding ortho intramolecular Hbond substituents is 2. The molecule has 23 heavy (non-hydrogen) atoms. The molecule has 3 rings (SSSR count). The summed E-state index contributed by atoms with van der Waals surface area (Å²) in [7, 11) is 0. The topological polar surface area (TPSA) is 81.9 Å². The zero-order valence-electron chi connectivity index (χ0n) is 12.1. The first-order chi connectivity index (χ1) is 11.1. The van der Waals surface area contributed by atoms with Crippen LogP contribution in [0.4, 0.5) is 0 Å². The van der Waals surface area contributed by atoms with Crippen LogP contribution >= 0.6 is 0 Å². The third-order valence-electron chi connectivity index (χ3n) is 3.42. The molecule has 1 amide bonds. The number of nitrogens with zero attached hydrogens (tertiary/aromatic N) is 1. The molecule has 5 nitrogen and oxygen atoms in total. The van der Waals surface area contributed by atoms with Crippen molar-refractivity contribution < 1.29 is 15.0 Å². The van der Waals surface area contributed by atoms with Gasteiger partial charge in [0.15, 0.2) is 0 Å². The van der Waals surface area contributed by atoms with E-state index in [1.165, 1.54) is 18.2 Å². The molecule has 0 fully saturated rings. The molecule has 5 heteroatoms. The molecule has 0 atom stereocenters. The van der Waals surface area contributed by atoms with E-state index in [1.807, 2.05) is 42.5 Å². The maximum Gasteiger partial charge on any atom is 0.275 e. The van der Waals surface area contributed by atoms with Crippen molar-refractivity contribution in [1.29, 1.82) is 0 Å². The minimum absolute atomic E-state index is 0.0416. The van der Waals surface area contributed by atoms with Gasteiger partial charge in [-0.15, -0.1) is 0 Å². The summed E-state index contributed by atoms with van der Waals surface area (Å²) in [6.45, 7) is 0. The van der Waals surface area contributed by atoms with Crippen LogP contribution in [0.5, 0.6) is 11.5 Å². The Bertz CT molecular complexity index is 898. The normalized spacial score (nSPS) is 11.0. The van der Waals surface area contributed by atoms with Gasteiger partial charge in [0.05, 0.1) is 11.8 Å². The van der Waals surface area contributed by atoms with Crippen LogP contribution in [0, 0.1) is 0 Å². The minimum Gasteiger partial charge on any atom is -0.508 e. The van der Waals surface area contributed by atoms with Crippen LogP contribution in [0.15, 0.2) is 65.8 Å². The molecule has 3 aromatic carbocycles. The van der Waals surface area contributed by atoms with E-state index in [0.29, 0.717) is 0 Å². The molecular weight excluding hydrogens is 292 g/mol. The van der Waals surface area contributed by atoms with Crippen molar-refractivity contribution in [2.75, 3.05) is 0 Å². The highest BCUT2D eigenvalue weighted by molar-refractivity contribution is 6.01. The van der Waals surface area contributed by atoms with Crippen molar-refractivity contribution in [3.63, 3.8) is 0 Å². The number of rotatable bonds is 3. The van der Waals surface area contributed by atoms with Crippen molar-refractivity contribution in [3.8, 4) is 11.5 Å². The fraction of sp³-hybridized carbons (Fsp3) is 0. The Kier molecular flexibility index (Phi) is 3.93. The van der Waals surface area contributed by atoms with E-state index in [1.54, 1.807) is 6.21 Å². The highest BCUT2D eigenvalue weighted by atomic mass is 16.3. The van der Waals surface area contributed by atoms with Gasteiger partial charge in [-0.25, -0.2) is 5.43 Å². The van der Waals surface area contributed by atoms with Crippen LogP contribution in [0.2, 0.25) is 0 Å². The predicted molar refractivity (Wildman–Crippen MR) is 88.8 cm³/mol. The number of amides is 1. The summed E-state index contributed by atoms with van der Waals surface area (Å²) < 4.78 is 0. The SMILES string of the molecule is O=C(NN=Cc1cccc2ccccc12)c1cc(O)ccc1O. The third-order valence-corrected chi connectivity index (χ3v) is 3.42. The van der Waals surface area contributed by atoms with E-state index < -0.39 is 5.91 Å². The van der Waals surface area contributed by atoms with Gasteiger partial charge in [0.25, 0.3) is 5.91 Å². The number of hydrazone groups is 1. The van der Waals surface area contributed by atoms with Gasteiger partial charge in [0.1, 0.15) is 11.5 Å². The van der Waals surface area contributed by atoms with Gasteiger partial charge >= 0.3 is 0 Å². The van der Waals surface area contributed by atoms with Crippen molar-refractivity contribution in [2.45, 2.75) is 0 Å². The number of benzene rings is 3. The molecule has 0 heterocycles. The summed E-state index contributed by atoms with van der Waals surface area (Å²) in [6, 6.07) is 17.4. The molecule has 3 aromatic rings. The van der Waals surface area contributed by atoms with Crippen molar-refractivity contribution in [3.05, 3.63) is 71.8 Å². The summed E-state index contributed by atoms with van der Waals surface area (Å²) in [4.78, 5) is 12.0. The summed E-state index contributed by atoms with van der Waals surface area (Å²) in [6.07, 6.45) is 1.54. The Morgan fingerprint density at radius 3 is 2.65 bits per heavy atom. The molecule has 0 unspecified atom stereocenters. The number of carbonyl (C=O) groups is 1. The fourth-order valence-corrected chi connectivity index (χ4v) is 2.29. The van der Waals surface area contributed by atoms with Crippen molar-refractivity contribution >= 4 is 22.9 Å². The lowest BCUT2D eigenvalue weighted by atomic mass is 10.1. The fourth-order valence-electron chi connectivity index (χ4n) is 2.29. The van der Waals surface area contributed by atoms with Crippen LogP contribution in [0.25, 0.3) is 10.8 Å². The first kappa shape index (κ1) is 14.6. The molecule has 0 aliphatic heterocycles. The zero-order valence-corrected chi connectivity index (χ0v) is 12.1. The van der Waals surface area contributed by atoms with E-state index in [4.69, 9.17) is 0 Å². The van der Waals surface area contributed by atoms with Crippen LogP contribution in [0.1, 0.15) is 15.9 Å². The standard InChI is InChI=1S/C18H14N2O3/c21-14-8-9-17(22)16(10-14)18(23)20-19-11-13-6-3-5-12-4-1-2-7-15(12)13/h1-11,21-22H,(H,20,23). The van der Waals surface area contributed by atoms with E-state index in [2.05, 4.69) is 10.5 Å². The molecule has 0 radical (unpaired) electrons. The Labute approximate surface area is 132 Å². The van der Waals surface area contributed by atoms with Gasteiger partial charge in [-0.1, -0.05) is 42.5 Å². The first-order valence-corrected chi connectivity index (χ1v) is 6.98. The molecule has 0 saturated heterocycles. The highest BCUT2D eigenvalue weighted by Crippen LogP contribution is 2.21. The number of hydrogen-bond acceptors (Lipinski definition) is 4. The van der Waals surface area contributed by atoms with Crippen LogP contribution < -0.4 is 5.43 Å². The molecule has 114 valence electrons. The number of fused-ring (bicyclic) bond motifs is 1. The average molecular weight is 306 g/mol. The highest BCUT2D eigenvalue weighted by Gasteiger charge is 2.11. The largest absolute Gasteiger partial charge is 0.508 e. The maximum atomic E-state index is 12.0. The van der Waals surface area contributed by atoms with Crippen LogP contribution in [0.3, 0.4) is 0 Å². The molecule has 0 aliphatic rings. The Hall–Kier alpha value is -3.34. The van der Waals surface area contributed by atoms with Crippen LogP contribution in [-0.2, 0) is 0 Å². The van der Waals surface area contributed by atoms with Crippen LogP contribution in [-0.4, -0.2) is 22.3 Å². The lowest BCUT2D eigenvalue weighted by Gasteiger charge is -2.04. The molecule has 0 aromatic heterocycles. The van der Waals surface area contributed by atoms with Crippen molar-refractivity contribution in [1.82, 2.24) is 5.43 Å². The summed E-state index contributed by atoms with van der Waals surface area (Å²) in [5.74, 6) is -0.929. The number of hydrogen-bond donors (Lipinski definition) is 3. The number of aromatic hydroxyl groups is 2. The molecule has 0 bridgehead atoms. The molecule has 0 aliphatic carbocycles. The van der Waals surface area contributed by atoms with E-state index in [9.17, 15) is 15.0 Å². The predicted octanol–water partition coefficient (Wildman–Crippen LogP) is 3.01. The van der Waals surface area contributed by atoms with Gasteiger partial charge in [-0.2, -0.15) is 5.10 Å². The van der Waals surface area contributed by atoms with Gasteiger partial charge in [0.2, 0.25) is 0 Å². The Morgan fingerprint density at radius 1 is 1.00 bits per heavy atom. The van der Waals surface area contributed by atoms with E-state index in [-0.39, 0.29) is 17.1 Å². The second kappa shape index (κ2) is 6.19. The zero-order chi connectivity index (χ0) is 16.2. The molecular formula is C18H14N2O3. The summed E-state index contributed by atoms with van der Waals surface area (Å²) in [5.41, 5.74) is 3.16. The average Bonchev–Trinajstić information content (AvgIpc) is 2.57. The molecule has 3 N–H and O–H groups in total. The number of carbonyl (C=O) groups excluding carboxylic acids is 1. The van der Waals surface area contributed by atoms with Gasteiger partial charge in [-0.3, -0.25) is 4.79 Å². The third kappa shape index (κ3) is 3.13. The molecule has 0 saturated carbocycles. The number of phenols is 2. The van der Waals surface area contributed by atoms with Gasteiger partial charge in [0, 0.05) is 5.56 Å². The van der Waals surface area contributed by atoms with Gasteiger partial charge < -0.3 is 10.2 Å².